The average molecular weight is 527 g/mol. The van der Waals surface area contributed by atoms with Crippen LogP contribution in [0.1, 0.15) is 89.5 Å². The first-order valence-corrected chi connectivity index (χ1v) is 15.1. The van der Waals surface area contributed by atoms with Gasteiger partial charge < -0.3 is 21.0 Å². The van der Waals surface area contributed by atoms with E-state index in [9.17, 15) is 0 Å². The van der Waals surface area contributed by atoms with Crippen molar-refractivity contribution in [2.75, 3.05) is 0 Å². The van der Waals surface area contributed by atoms with Crippen LogP contribution in [0.4, 0.5) is 0 Å². The van der Waals surface area contributed by atoms with Crippen molar-refractivity contribution >= 4 is 0 Å². The second-order valence-electron chi connectivity index (χ2n) is 12.7. The first-order valence-electron chi connectivity index (χ1n) is 15.1. The number of nitrogens with zero attached hydrogens (tertiary/aromatic N) is 2. The molecule has 1 saturated heterocycles. The largest absolute Gasteiger partial charge is 0.344 e. The second-order valence-corrected chi connectivity index (χ2v) is 12.7. The number of nitrogens with one attached hydrogen (secondary N) is 3. The van der Waals surface area contributed by atoms with Crippen molar-refractivity contribution in [2.24, 2.45) is 17.6 Å². The summed E-state index contributed by atoms with van der Waals surface area (Å²) in [6, 6.07) is 14.4. The van der Waals surface area contributed by atoms with Crippen molar-refractivity contribution in [3.8, 4) is 34.4 Å². The molecular formula is C34H34N6. The van der Waals surface area contributed by atoms with Gasteiger partial charge in [-0.25, -0.2) is 9.97 Å². The SMILES string of the molecule is N[C@@H](CC1CC1)c1nc2c([nH]1)CCc1cc(C#Cc3ccc4c(c3)CCc3[nH]c([C@@H]5CC6CC6N5)nc3-4)ccc1-2. The van der Waals surface area contributed by atoms with Gasteiger partial charge in [0.2, 0.25) is 0 Å². The molecule has 4 aromatic rings. The van der Waals surface area contributed by atoms with Gasteiger partial charge in [-0.1, -0.05) is 36.8 Å². The maximum Gasteiger partial charge on any atom is 0.124 e. The van der Waals surface area contributed by atoms with E-state index in [4.69, 9.17) is 15.7 Å². The zero-order valence-electron chi connectivity index (χ0n) is 22.7. The first-order chi connectivity index (χ1) is 19.6. The van der Waals surface area contributed by atoms with Crippen LogP contribution in [-0.2, 0) is 25.7 Å². The maximum atomic E-state index is 6.47. The van der Waals surface area contributed by atoms with Gasteiger partial charge >= 0.3 is 0 Å². The fraction of sp³-hybridized carbons (Fsp3) is 0.412. The summed E-state index contributed by atoms with van der Waals surface area (Å²) < 4.78 is 0. The van der Waals surface area contributed by atoms with Gasteiger partial charge in [-0.15, -0.1) is 0 Å². The molecule has 5 aliphatic rings. The fourth-order valence-electron chi connectivity index (χ4n) is 7.25. The number of imidazole rings is 2. The highest BCUT2D eigenvalue weighted by Gasteiger charge is 2.47. The number of H-pyrrole nitrogens is 2. The molecule has 0 radical (unpaired) electrons. The number of hydrogen-bond donors (Lipinski definition) is 4. The molecule has 6 heteroatoms. The summed E-state index contributed by atoms with van der Waals surface area (Å²) in [7, 11) is 0. The number of fused-ring (bicyclic) bond motifs is 7. The van der Waals surface area contributed by atoms with Gasteiger partial charge in [0.05, 0.1) is 23.5 Å². The first kappa shape index (κ1) is 23.1. The number of rotatable bonds is 4. The van der Waals surface area contributed by atoms with Crippen LogP contribution in [0.2, 0.25) is 0 Å². The number of hydrogen-bond acceptors (Lipinski definition) is 4. The van der Waals surface area contributed by atoms with Gasteiger partial charge in [-0.2, -0.15) is 0 Å². The number of aromatic amines is 2. The van der Waals surface area contributed by atoms with E-state index in [0.29, 0.717) is 6.04 Å². The molecule has 0 spiro atoms. The second kappa shape index (κ2) is 8.67. The predicted molar refractivity (Wildman–Crippen MR) is 156 cm³/mol. The van der Waals surface area contributed by atoms with Crippen LogP contribution in [0.25, 0.3) is 22.5 Å². The summed E-state index contributed by atoms with van der Waals surface area (Å²) in [5.74, 6) is 10.6. The number of aryl methyl sites for hydroxylation is 4. The van der Waals surface area contributed by atoms with Crippen molar-refractivity contribution in [1.29, 1.82) is 0 Å². The van der Waals surface area contributed by atoms with E-state index in [-0.39, 0.29) is 6.04 Å². The summed E-state index contributed by atoms with van der Waals surface area (Å²) in [5, 5.41) is 3.73. The zero-order valence-corrected chi connectivity index (χ0v) is 22.7. The van der Waals surface area contributed by atoms with Crippen LogP contribution in [0, 0.1) is 23.7 Å². The standard InChI is InChI=1S/C34H34N6/c35-26(15-20-3-4-20)33-37-27-11-7-21-13-18(5-9-24(21)31(27)39-33)1-2-19-6-10-25-22(14-19)8-12-28-32(25)40-34(38-28)30-17-23-16-29(23)36-30/h5-6,9-10,13-14,20,23,26,29-30,36H,3-4,7-8,11-12,15-17,35H2,(H,37,39)(H,38,40)/t23?,26-,29?,30-/m0/s1. The third kappa shape index (κ3) is 3.95. The summed E-state index contributed by atoms with van der Waals surface area (Å²) in [6.45, 7) is 0. The van der Waals surface area contributed by atoms with Crippen LogP contribution in [0.3, 0.4) is 0 Å². The molecule has 3 heterocycles. The lowest BCUT2D eigenvalue weighted by molar-refractivity contribution is 0.542. The van der Waals surface area contributed by atoms with Crippen LogP contribution in [-0.4, -0.2) is 26.0 Å². The lowest BCUT2D eigenvalue weighted by Crippen LogP contribution is -2.18. The van der Waals surface area contributed by atoms with E-state index >= 15 is 0 Å². The number of piperidine rings is 1. The summed E-state index contributed by atoms with van der Waals surface area (Å²) >= 11 is 0. The molecule has 4 aliphatic carbocycles. The number of benzene rings is 2. The number of nitrogens with two attached hydrogens (primary N) is 1. The molecule has 2 saturated carbocycles. The molecule has 0 amide bonds. The monoisotopic (exact) mass is 526 g/mol. The molecule has 9 rings (SSSR count). The van der Waals surface area contributed by atoms with Gasteiger partial charge in [-0.3, -0.25) is 0 Å². The topological polar surface area (TPSA) is 95.4 Å². The zero-order chi connectivity index (χ0) is 26.4. The Labute approximate surface area is 234 Å². The van der Waals surface area contributed by atoms with Gasteiger partial charge in [0.15, 0.2) is 0 Å². The van der Waals surface area contributed by atoms with E-state index in [2.05, 4.69) is 63.5 Å². The van der Waals surface area contributed by atoms with Gasteiger partial charge in [-0.05, 0) is 92.2 Å². The molecular weight excluding hydrogens is 492 g/mol. The van der Waals surface area contributed by atoms with Crippen molar-refractivity contribution in [1.82, 2.24) is 25.3 Å². The molecule has 2 aromatic carbocycles. The number of aromatic nitrogens is 4. The minimum atomic E-state index is 0.0137. The van der Waals surface area contributed by atoms with E-state index in [1.54, 1.807) is 0 Å². The minimum absolute atomic E-state index is 0.0137. The molecule has 2 unspecified atom stereocenters. The van der Waals surface area contributed by atoms with Crippen LogP contribution >= 0.6 is 0 Å². The van der Waals surface area contributed by atoms with Gasteiger partial charge in [0.25, 0.3) is 0 Å². The molecule has 2 aromatic heterocycles. The van der Waals surface area contributed by atoms with E-state index < -0.39 is 0 Å². The summed E-state index contributed by atoms with van der Waals surface area (Å²) in [4.78, 5) is 17.2. The third-order valence-electron chi connectivity index (χ3n) is 9.80. The fourth-order valence-corrected chi connectivity index (χ4v) is 7.25. The molecule has 40 heavy (non-hydrogen) atoms. The van der Waals surface area contributed by atoms with Crippen molar-refractivity contribution in [3.05, 3.63) is 81.7 Å². The smallest absolute Gasteiger partial charge is 0.124 e. The molecule has 5 N–H and O–H groups in total. The molecule has 4 atom stereocenters. The lowest BCUT2D eigenvalue weighted by atomic mass is 9.90. The highest BCUT2D eigenvalue weighted by molar-refractivity contribution is 5.71. The molecule has 6 nitrogen and oxygen atoms in total. The Kier molecular flexibility index (Phi) is 5.00. The minimum Gasteiger partial charge on any atom is -0.344 e. The van der Waals surface area contributed by atoms with Crippen molar-refractivity contribution < 1.29 is 0 Å². The van der Waals surface area contributed by atoms with E-state index in [0.717, 1.165) is 84.1 Å². The molecule has 3 fully saturated rings. The lowest BCUT2D eigenvalue weighted by Gasteiger charge is -2.15. The Bertz CT molecular complexity index is 1720. The van der Waals surface area contributed by atoms with Crippen LogP contribution < -0.4 is 11.1 Å². The molecule has 200 valence electrons. The van der Waals surface area contributed by atoms with Crippen molar-refractivity contribution in [2.45, 2.75) is 75.9 Å². The Morgan fingerprint density at radius 3 is 2.15 bits per heavy atom. The predicted octanol–water partition coefficient (Wildman–Crippen LogP) is 5.29. The van der Waals surface area contributed by atoms with Gasteiger partial charge in [0.1, 0.15) is 11.6 Å². The highest BCUT2D eigenvalue weighted by atomic mass is 15.1. The Morgan fingerprint density at radius 2 is 1.50 bits per heavy atom. The van der Waals surface area contributed by atoms with Gasteiger partial charge in [0, 0.05) is 39.7 Å². The van der Waals surface area contributed by atoms with Crippen molar-refractivity contribution in [3.63, 3.8) is 0 Å². The summed E-state index contributed by atoms with van der Waals surface area (Å²) in [5.41, 5.74) is 18.5. The summed E-state index contributed by atoms with van der Waals surface area (Å²) in [6.07, 6.45) is 10.3. The molecule has 0 bridgehead atoms. The Morgan fingerprint density at radius 1 is 0.825 bits per heavy atom. The maximum absolute atomic E-state index is 6.47. The van der Waals surface area contributed by atoms with Crippen LogP contribution in [0.15, 0.2) is 36.4 Å². The average Bonchev–Trinajstić information content (AvgIpc) is 3.76. The van der Waals surface area contributed by atoms with E-state index in [1.165, 1.54) is 59.3 Å². The third-order valence-corrected chi connectivity index (χ3v) is 9.80. The quantitative estimate of drug-likeness (QED) is 0.272. The highest BCUT2D eigenvalue weighted by Crippen LogP contribution is 2.46. The normalized spacial score (nSPS) is 24.2. The Hall–Kier alpha value is -3.66. The van der Waals surface area contributed by atoms with E-state index in [1.807, 2.05) is 0 Å². The van der Waals surface area contributed by atoms with Crippen LogP contribution in [0.5, 0.6) is 0 Å². The Balaban J connectivity index is 0.951. The molecule has 1 aliphatic heterocycles.